The Morgan fingerprint density at radius 1 is 1.23 bits per heavy atom. The number of carbonyl (C=O) groups excluding carboxylic acids is 4. The van der Waals surface area contributed by atoms with E-state index >= 15 is 4.39 Å². The first-order valence-electron chi connectivity index (χ1n) is 12.9. The van der Waals surface area contributed by atoms with Gasteiger partial charge in [-0.05, 0) is 53.8 Å². The standard InChI is InChI=1S/C29H22ClFN4O5/c30-19-10-32-9-17-25(16-6-15(36)7-20(31)26(16)19)18(11-35-24(38)8-29(3-4-29)27(17)35)28(39)40-12-23(37)14-1-2-21-22(5-14)34-13-33-21/h1-2,5-7,10,13,18,27H,3-4,8-9,11-12H2,(H,33,34). The zero-order valence-corrected chi connectivity index (χ0v) is 21.8. The second kappa shape index (κ2) is 8.92. The molecule has 11 heteroatoms. The highest BCUT2D eigenvalue weighted by Crippen LogP contribution is 2.62. The van der Waals surface area contributed by atoms with E-state index in [1.54, 1.807) is 23.1 Å². The van der Waals surface area contributed by atoms with Crippen molar-refractivity contribution in [3.8, 4) is 0 Å². The number of fused-ring (bicyclic) bond motifs is 6. The van der Waals surface area contributed by atoms with E-state index in [2.05, 4.69) is 15.0 Å². The van der Waals surface area contributed by atoms with E-state index in [0.717, 1.165) is 18.9 Å². The molecule has 7 rings (SSSR count). The van der Waals surface area contributed by atoms with Crippen molar-refractivity contribution in [2.75, 3.05) is 19.7 Å². The molecule has 1 N–H and O–H groups in total. The molecule has 2 atom stereocenters. The summed E-state index contributed by atoms with van der Waals surface area (Å²) >= 11 is 6.42. The number of benzene rings is 1. The van der Waals surface area contributed by atoms with E-state index in [9.17, 15) is 19.2 Å². The number of aromatic amines is 1. The number of amides is 1. The van der Waals surface area contributed by atoms with Crippen LogP contribution in [0.25, 0.3) is 11.0 Å². The second-order valence-corrected chi connectivity index (χ2v) is 11.2. The molecule has 1 aromatic heterocycles. The number of ketones is 2. The minimum absolute atomic E-state index is 0.00149. The highest BCUT2D eigenvalue weighted by molar-refractivity contribution is 6.40. The molecule has 1 spiro atoms. The fourth-order valence-corrected chi connectivity index (χ4v) is 6.75. The number of carbonyl (C=O) groups is 4. The highest BCUT2D eigenvalue weighted by atomic mass is 35.5. The van der Waals surface area contributed by atoms with Crippen LogP contribution in [0.1, 0.15) is 29.6 Å². The monoisotopic (exact) mass is 560 g/mol. The van der Waals surface area contributed by atoms with Crippen molar-refractivity contribution >= 4 is 52.3 Å². The maximum absolute atomic E-state index is 15.2. The van der Waals surface area contributed by atoms with Crippen LogP contribution in [0.4, 0.5) is 4.39 Å². The maximum Gasteiger partial charge on any atom is 0.315 e. The zero-order chi connectivity index (χ0) is 27.8. The van der Waals surface area contributed by atoms with Crippen molar-refractivity contribution < 1.29 is 28.3 Å². The van der Waals surface area contributed by atoms with Gasteiger partial charge in [0, 0.05) is 41.8 Å². The largest absolute Gasteiger partial charge is 0.457 e. The molecule has 9 nitrogen and oxygen atoms in total. The SMILES string of the molecule is O=C1C=C(F)C2=C(Cl)C=NCC3=C(C2=C1)C(C(=O)OCC(=O)c1ccc2nc[nH]c2c1)CN1C(=O)CC2(CC2)C31. The van der Waals surface area contributed by atoms with E-state index in [1.807, 2.05) is 0 Å². The van der Waals surface area contributed by atoms with Crippen molar-refractivity contribution in [1.29, 1.82) is 0 Å². The lowest BCUT2D eigenvalue weighted by atomic mass is 9.74. The Morgan fingerprint density at radius 2 is 2.05 bits per heavy atom. The Bertz CT molecular complexity index is 1710. The third-order valence-corrected chi connectivity index (χ3v) is 8.73. The fourth-order valence-electron chi connectivity index (χ4n) is 6.49. The Hall–Kier alpha value is -4.18. The molecule has 2 unspecified atom stereocenters. The molecule has 2 aromatic rings. The van der Waals surface area contributed by atoms with E-state index in [-0.39, 0.29) is 46.6 Å². The molecule has 1 saturated heterocycles. The summed E-state index contributed by atoms with van der Waals surface area (Å²) in [6.07, 6.45) is 7.02. The lowest BCUT2D eigenvalue weighted by Gasteiger charge is -2.41. The van der Waals surface area contributed by atoms with Crippen molar-refractivity contribution in [1.82, 2.24) is 14.9 Å². The smallest absolute Gasteiger partial charge is 0.315 e. The highest BCUT2D eigenvalue weighted by Gasteiger charge is 2.62. The van der Waals surface area contributed by atoms with Gasteiger partial charge in [0.15, 0.2) is 18.2 Å². The van der Waals surface area contributed by atoms with Gasteiger partial charge >= 0.3 is 5.97 Å². The molecule has 1 saturated carbocycles. The topological polar surface area (TPSA) is 122 Å². The quantitative estimate of drug-likeness (QED) is 0.451. The number of aliphatic imine (C=N–C) groups is 1. The summed E-state index contributed by atoms with van der Waals surface area (Å²) in [5, 5.41) is 0.00149. The first-order valence-corrected chi connectivity index (χ1v) is 13.3. The number of allylic oxidation sites excluding steroid dienone is 6. The van der Waals surface area contributed by atoms with Crippen LogP contribution in [0.3, 0.4) is 0 Å². The van der Waals surface area contributed by atoms with Crippen molar-refractivity contribution in [3.63, 3.8) is 0 Å². The minimum atomic E-state index is -1.07. The summed E-state index contributed by atoms with van der Waals surface area (Å²) in [5.41, 5.74) is 2.69. The van der Waals surface area contributed by atoms with Crippen molar-refractivity contribution in [2.24, 2.45) is 16.3 Å². The first kappa shape index (κ1) is 24.8. The van der Waals surface area contributed by atoms with Gasteiger partial charge < -0.3 is 14.6 Å². The van der Waals surface area contributed by atoms with Crippen LogP contribution < -0.4 is 0 Å². The van der Waals surface area contributed by atoms with Crippen LogP contribution >= 0.6 is 11.6 Å². The molecule has 3 aliphatic heterocycles. The molecule has 0 radical (unpaired) electrons. The Morgan fingerprint density at radius 3 is 2.85 bits per heavy atom. The first-order chi connectivity index (χ1) is 19.3. The minimum Gasteiger partial charge on any atom is -0.457 e. The van der Waals surface area contributed by atoms with E-state index in [1.165, 1.54) is 18.6 Å². The number of hydrogen-bond acceptors (Lipinski definition) is 7. The number of aromatic nitrogens is 2. The van der Waals surface area contributed by atoms with Crippen LogP contribution in [0.2, 0.25) is 0 Å². The third-order valence-electron chi connectivity index (χ3n) is 8.44. The average molecular weight is 561 g/mol. The van der Waals surface area contributed by atoms with E-state index < -0.39 is 35.9 Å². The van der Waals surface area contributed by atoms with Gasteiger partial charge in [0.05, 0.1) is 35.0 Å². The average Bonchev–Trinajstić information content (AvgIpc) is 3.42. The fraction of sp³-hybridized carbons (Fsp3) is 0.310. The maximum atomic E-state index is 15.2. The summed E-state index contributed by atoms with van der Waals surface area (Å²) in [4.78, 5) is 65.4. The van der Waals surface area contributed by atoms with Crippen LogP contribution in [0.15, 0.2) is 74.8 Å². The Kier molecular flexibility index (Phi) is 5.54. The number of imidazole rings is 1. The molecule has 2 fully saturated rings. The number of rotatable bonds is 4. The van der Waals surface area contributed by atoms with Crippen molar-refractivity contribution in [3.05, 3.63) is 75.4 Å². The van der Waals surface area contributed by atoms with Crippen LogP contribution in [-0.2, 0) is 19.1 Å². The number of halogens is 2. The molecule has 0 bridgehead atoms. The van der Waals surface area contributed by atoms with Gasteiger partial charge in [0.25, 0.3) is 0 Å². The van der Waals surface area contributed by atoms with Gasteiger partial charge in [0.1, 0.15) is 11.7 Å². The third kappa shape index (κ3) is 3.81. The number of Topliss-reactive ketones (excluding diaryl/α,β-unsaturated/α-hetero) is 1. The molecular weight excluding hydrogens is 539 g/mol. The van der Waals surface area contributed by atoms with Gasteiger partial charge in [-0.2, -0.15) is 0 Å². The van der Waals surface area contributed by atoms with Crippen molar-refractivity contribution in [2.45, 2.75) is 25.3 Å². The van der Waals surface area contributed by atoms with Crippen LogP contribution in [0, 0.1) is 11.3 Å². The predicted molar refractivity (Wildman–Crippen MR) is 142 cm³/mol. The molecule has 40 heavy (non-hydrogen) atoms. The van der Waals surface area contributed by atoms with Gasteiger partial charge in [0.2, 0.25) is 5.91 Å². The number of ether oxygens (including phenoxy) is 1. The Labute approximate surface area is 232 Å². The molecule has 202 valence electrons. The van der Waals surface area contributed by atoms with E-state index in [0.29, 0.717) is 34.2 Å². The van der Waals surface area contributed by atoms with Gasteiger partial charge in [-0.1, -0.05) is 11.6 Å². The number of H-pyrrole nitrogens is 1. The summed E-state index contributed by atoms with van der Waals surface area (Å²) in [7, 11) is 0. The summed E-state index contributed by atoms with van der Waals surface area (Å²) in [6.45, 7) is -0.422. The lowest BCUT2D eigenvalue weighted by Crippen LogP contribution is -2.49. The molecule has 2 aliphatic carbocycles. The number of nitrogens with one attached hydrogen (secondary N) is 1. The van der Waals surface area contributed by atoms with Crippen LogP contribution in [0.5, 0.6) is 0 Å². The molecule has 1 amide bonds. The number of hydrogen-bond donors (Lipinski definition) is 1. The van der Waals surface area contributed by atoms with Gasteiger partial charge in [-0.25, -0.2) is 9.37 Å². The molecule has 1 aromatic carbocycles. The van der Waals surface area contributed by atoms with E-state index in [4.69, 9.17) is 16.3 Å². The normalized spacial score (nSPS) is 24.8. The lowest BCUT2D eigenvalue weighted by molar-refractivity contribution is -0.147. The molecule has 5 aliphatic rings. The second-order valence-electron chi connectivity index (χ2n) is 10.8. The molecular formula is C29H22ClFN4O5. The Balaban J connectivity index is 1.27. The predicted octanol–water partition coefficient (Wildman–Crippen LogP) is 3.54. The number of nitrogens with zero attached hydrogens (tertiary/aromatic N) is 3. The number of esters is 1. The summed E-state index contributed by atoms with van der Waals surface area (Å²) in [6, 6.07) is 4.60. The van der Waals surface area contributed by atoms with Gasteiger partial charge in [-0.15, -0.1) is 0 Å². The zero-order valence-electron chi connectivity index (χ0n) is 21.1. The molecule has 4 heterocycles. The van der Waals surface area contributed by atoms with Gasteiger partial charge in [-0.3, -0.25) is 24.2 Å². The van der Waals surface area contributed by atoms with Crippen LogP contribution in [-0.4, -0.2) is 70.3 Å². The summed E-state index contributed by atoms with van der Waals surface area (Å²) < 4.78 is 20.7. The summed E-state index contributed by atoms with van der Waals surface area (Å²) in [5.74, 6) is -3.72.